The lowest BCUT2D eigenvalue weighted by Gasteiger charge is -2.15. The lowest BCUT2D eigenvalue weighted by molar-refractivity contribution is -0.137. The maximum absolute atomic E-state index is 12.6. The molecular weight excluding hydrogens is 369 g/mol. The highest BCUT2D eigenvalue weighted by Gasteiger charge is 2.29. The summed E-state index contributed by atoms with van der Waals surface area (Å²) in [6, 6.07) is 11.2. The molecule has 7 heteroatoms. The van der Waals surface area contributed by atoms with Crippen LogP contribution in [0.25, 0.3) is 6.08 Å². The Labute approximate surface area is 160 Å². The summed E-state index contributed by atoms with van der Waals surface area (Å²) in [6.07, 6.45) is 0.261. The van der Waals surface area contributed by atoms with Crippen LogP contribution in [0.4, 0.5) is 18.9 Å². The summed E-state index contributed by atoms with van der Waals surface area (Å²) < 4.78 is 37.7. The van der Waals surface area contributed by atoms with Gasteiger partial charge < -0.3 is 10.2 Å². The number of nitrogens with one attached hydrogen (secondary N) is 1. The number of halogens is 3. The van der Waals surface area contributed by atoms with Crippen LogP contribution in [-0.4, -0.2) is 29.8 Å². The number of hydrogen-bond acceptors (Lipinski definition) is 2. The normalized spacial score (nSPS) is 14.5. The summed E-state index contributed by atoms with van der Waals surface area (Å²) in [5.74, 6) is -0.500. The van der Waals surface area contributed by atoms with Gasteiger partial charge >= 0.3 is 6.18 Å². The van der Waals surface area contributed by atoms with Gasteiger partial charge in [-0.05, 0) is 54.8 Å². The Balaban J connectivity index is 1.62. The monoisotopic (exact) mass is 388 g/mol. The second-order valence-electron chi connectivity index (χ2n) is 6.52. The van der Waals surface area contributed by atoms with E-state index in [0.29, 0.717) is 16.8 Å². The highest BCUT2D eigenvalue weighted by atomic mass is 19.4. The number of amides is 2. The van der Waals surface area contributed by atoms with Crippen LogP contribution in [0, 0.1) is 0 Å². The largest absolute Gasteiger partial charge is 0.416 e. The highest BCUT2D eigenvalue weighted by Crippen LogP contribution is 2.29. The van der Waals surface area contributed by atoms with Crippen LogP contribution in [0.15, 0.2) is 54.6 Å². The fraction of sp³-hybridized carbons (Fsp3) is 0.238. The molecule has 2 aromatic carbocycles. The Hall–Kier alpha value is -3.09. The molecule has 0 aliphatic carbocycles. The lowest BCUT2D eigenvalue weighted by atomic mass is 10.1. The fourth-order valence-electron chi connectivity index (χ4n) is 2.97. The lowest BCUT2D eigenvalue weighted by Crippen LogP contribution is -2.27. The van der Waals surface area contributed by atoms with Crippen molar-refractivity contribution >= 4 is 23.6 Å². The van der Waals surface area contributed by atoms with Crippen molar-refractivity contribution in [2.24, 2.45) is 0 Å². The molecule has 3 rings (SSSR count). The minimum Gasteiger partial charge on any atom is -0.339 e. The second-order valence-corrected chi connectivity index (χ2v) is 6.52. The maximum atomic E-state index is 12.6. The summed E-state index contributed by atoms with van der Waals surface area (Å²) >= 11 is 0. The molecule has 28 heavy (non-hydrogen) atoms. The number of anilines is 1. The van der Waals surface area contributed by atoms with Crippen LogP contribution in [0.3, 0.4) is 0 Å². The van der Waals surface area contributed by atoms with E-state index in [1.165, 1.54) is 24.3 Å². The maximum Gasteiger partial charge on any atom is 0.416 e. The minimum atomic E-state index is -4.39. The first kappa shape index (κ1) is 19.7. The van der Waals surface area contributed by atoms with Crippen molar-refractivity contribution in [3.8, 4) is 0 Å². The molecule has 0 unspecified atom stereocenters. The van der Waals surface area contributed by atoms with Crippen LogP contribution >= 0.6 is 0 Å². The van der Waals surface area contributed by atoms with E-state index < -0.39 is 17.6 Å². The topological polar surface area (TPSA) is 49.4 Å². The molecule has 0 atom stereocenters. The number of likely N-dealkylation sites (tertiary alicyclic amines) is 1. The fourth-order valence-corrected chi connectivity index (χ4v) is 2.97. The first-order chi connectivity index (χ1) is 13.3. The second kappa shape index (κ2) is 8.29. The van der Waals surface area contributed by atoms with Crippen molar-refractivity contribution in [1.82, 2.24) is 4.90 Å². The Kier molecular flexibility index (Phi) is 5.82. The molecule has 0 bridgehead atoms. The first-order valence-corrected chi connectivity index (χ1v) is 8.88. The van der Waals surface area contributed by atoms with E-state index in [-0.39, 0.29) is 5.91 Å². The molecule has 1 N–H and O–H groups in total. The number of hydrogen-bond donors (Lipinski definition) is 1. The molecule has 0 aromatic heterocycles. The third-order valence-corrected chi connectivity index (χ3v) is 4.44. The van der Waals surface area contributed by atoms with E-state index in [1.807, 2.05) is 0 Å². The van der Waals surface area contributed by atoms with Crippen LogP contribution in [0.1, 0.15) is 34.3 Å². The van der Waals surface area contributed by atoms with Gasteiger partial charge in [0.25, 0.3) is 5.91 Å². The third kappa shape index (κ3) is 5.00. The summed E-state index contributed by atoms with van der Waals surface area (Å²) in [7, 11) is 0. The van der Waals surface area contributed by atoms with E-state index in [1.54, 1.807) is 29.2 Å². The molecule has 1 heterocycles. The van der Waals surface area contributed by atoms with Gasteiger partial charge in [-0.2, -0.15) is 13.2 Å². The van der Waals surface area contributed by atoms with Gasteiger partial charge in [0, 0.05) is 30.4 Å². The summed E-state index contributed by atoms with van der Waals surface area (Å²) in [5, 5.41) is 2.66. The van der Waals surface area contributed by atoms with E-state index in [4.69, 9.17) is 0 Å². The molecule has 1 fully saturated rings. The Bertz CT molecular complexity index is 883. The van der Waals surface area contributed by atoms with Gasteiger partial charge in [0.1, 0.15) is 0 Å². The number of carbonyl (C=O) groups is 2. The number of carbonyl (C=O) groups excluding carboxylic acids is 2. The van der Waals surface area contributed by atoms with Crippen molar-refractivity contribution < 1.29 is 22.8 Å². The number of rotatable bonds is 4. The average molecular weight is 388 g/mol. The van der Waals surface area contributed by atoms with Gasteiger partial charge in [-0.25, -0.2) is 0 Å². The molecule has 1 aliphatic rings. The minimum absolute atomic E-state index is 0.0612. The average Bonchev–Trinajstić information content (AvgIpc) is 3.20. The predicted molar refractivity (Wildman–Crippen MR) is 101 cm³/mol. The van der Waals surface area contributed by atoms with Gasteiger partial charge in [0.2, 0.25) is 5.91 Å². The summed E-state index contributed by atoms with van der Waals surface area (Å²) in [6.45, 7) is 1.48. The van der Waals surface area contributed by atoms with Crippen LogP contribution in [0.5, 0.6) is 0 Å². The van der Waals surface area contributed by atoms with Gasteiger partial charge in [-0.1, -0.05) is 18.2 Å². The van der Waals surface area contributed by atoms with Gasteiger partial charge in [0.05, 0.1) is 5.56 Å². The van der Waals surface area contributed by atoms with E-state index in [0.717, 1.165) is 38.1 Å². The quantitative estimate of drug-likeness (QED) is 0.779. The summed E-state index contributed by atoms with van der Waals surface area (Å²) in [5.41, 5.74) is 0.716. The molecule has 1 saturated heterocycles. The predicted octanol–water partition coefficient (Wildman–Crippen LogP) is 4.59. The highest BCUT2D eigenvalue weighted by molar-refractivity contribution is 6.03. The van der Waals surface area contributed by atoms with Crippen molar-refractivity contribution in [1.29, 1.82) is 0 Å². The molecule has 0 saturated carbocycles. The van der Waals surface area contributed by atoms with Crippen LogP contribution < -0.4 is 5.32 Å². The van der Waals surface area contributed by atoms with Crippen LogP contribution in [0.2, 0.25) is 0 Å². The van der Waals surface area contributed by atoms with Crippen molar-refractivity contribution in [2.75, 3.05) is 18.4 Å². The molecule has 0 radical (unpaired) electrons. The molecule has 146 valence electrons. The molecule has 0 spiro atoms. The van der Waals surface area contributed by atoms with E-state index in [9.17, 15) is 22.8 Å². The van der Waals surface area contributed by atoms with Crippen molar-refractivity contribution in [3.63, 3.8) is 0 Å². The Morgan fingerprint density at radius 2 is 1.68 bits per heavy atom. The molecule has 4 nitrogen and oxygen atoms in total. The standard InChI is InChI=1S/C21H19F3N2O2/c22-21(23,24)17-9-6-15(7-10-17)8-11-19(27)25-18-5-3-4-16(14-18)20(28)26-12-1-2-13-26/h3-11,14H,1-2,12-13H2,(H,25,27)/b11-8+. The number of benzene rings is 2. The molecule has 2 aromatic rings. The first-order valence-electron chi connectivity index (χ1n) is 8.88. The summed E-state index contributed by atoms with van der Waals surface area (Å²) in [4.78, 5) is 26.3. The Morgan fingerprint density at radius 1 is 1.00 bits per heavy atom. The number of alkyl halides is 3. The Morgan fingerprint density at radius 3 is 2.32 bits per heavy atom. The SMILES string of the molecule is O=C(/C=C/c1ccc(C(F)(F)F)cc1)Nc1cccc(C(=O)N2CCCC2)c1. The zero-order valence-corrected chi connectivity index (χ0v) is 15.0. The van der Waals surface area contributed by atoms with E-state index in [2.05, 4.69) is 5.32 Å². The smallest absolute Gasteiger partial charge is 0.339 e. The van der Waals surface area contributed by atoms with Crippen molar-refractivity contribution in [3.05, 3.63) is 71.3 Å². The molecular formula is C21H19F3N2O2. The van der Waals surface area contributed by atoms with Crippen LogP contribution in [-0.2, 0) is 11.0 Å². The third-order valence-electron chi connectivity index (χ3n) is 4.44. The molecule has 1 aliphatic heterocycles. The van der Waals surface area contributed by atoms with Crippen molar-refractivity contribution in [2.45, 2.75) is 19.0 Å². The van der Waals surface area contributed by atoms with Gasteiger partial charge in [0.15, 0.2) is 0 Å². The number of nitrogens with zero attached hydrogens (tertiary/aromatic N) is 1. The van der Waals surface area contributed by atoms with Gasteiger partial charge in [-0.15, -0.1) is 0 Å². The molecule has 2 amide bonds. The zero-order chi connectivity index (χ0) is 20.1. The zero-order valence-electron chi connectivity index (χ0n) is 15.0. The van der Waals surface area contributed by atoms with Gasteiger partial charge in [-0.3, -0.25) is 9.59 Å². The van der Waals surface area contributed by atoms with E-state index >= 15 is 0 Å².